The molecule has 2 rings (SSSR count). The number of hydrogen-bond acceptors (Lipinski definition) is 2. The second kappa shape index (κ2) is 7.14. The van der Waals surface area contributed by atoms with E-state index in [1.165, 1.54) is 0 Å². The molecule has 0 saturated carbocycles. The lowest BCUT2D eigenvalue weighted by Crippen LogP contribution is -2.23. The van der Waals surface area contributed by atoms with Gasteiger partial charge in [0, 0.05) is 17.5 Å². The molecule has 0 bridgehead atoms. The van der Waals surface area contributed by atoms with E-state index >= 15 is 0 Å². The zero-order valence-corrected chi connectivity index (χ0v) is 12.1. The molecule has 0 aliphatic carbocycles. The first-order valence-electron chi connectivity index (χ1n) is 6.63. The van der Waals surface area contributed by atoms with Crippen molar-refractivity contribution >= 4 is 17.8 Å². The molecule has 4 heteroatoms. The third-order valence-electron chi connectivity index (χ3n) is 2.89. The van der Waals surface area contributed by atoms with Crippen molar-refractivity contribution in [3.8, 4) is 5.75 Å². The molecule has 0 aliphatic heterocycles. The van der Waals surface area contributed by atoms with Crippen LogP contribution < -0.4 is 15.4 Å². The standard InChI is InChI=1S/C17H18N2O2/c1-13-6-5-8-15(12-13)19-17(20)18-11-10-14-7-3-4-9-16(14)21-2/h3-12H,1-2H3,(H2,18,19,20)/b11-10+. The average Bonchev–Trinajstić information content (AvgIpc) is 2.47. The van der Waals surface area contributed by atoms with Crippen LogP contribution in [0, 0.1) is 6.92 Å². The number of benzene rings is 2. The number of ether oxygens (including phenoxy) is 1. The lowest BCUT2D eigenvalue weighted by Gasteiger charge is -2.06. The number of aryl methyl sites for hydroxylation is 1. The van der Waals surface area contributed by atoms with Crippen molar-refractivity contribution in [3.63, 3.8) is 0 Å². The molecule has 0 radical (unpaired) electrons. The Morgan fingerprint density at radius 2 is 1.95 bits per heavy atom. The lowest BCUT2D eigenvalue weighted by atomic mass is 10.2. The normalized spacial score (nSPS) is 10.4. The van der Waals surface area contributed by atoms with Gasteiger partial charge in [0.25, 0.3) is 0 Å². The molecule has 2 aromatic carbocycles. The minimum absolute atomic E-state index is 0.285. The molecular formula is C17H18N2O2. The fraction of sp³-hybridized carbons (Fsp3) is 0.118. The number of anilines is 1. The SMILES string of the molecule is COc1ccccc1/C=C/NC(=O)Nc1cccc(C)c1. The van der Waals surface area contributed by atoms with Gasteiger partial charge in [0.2, 0.25) is 0 Å². The zero-order chi connectivity index (χ0) is 15.1. The molecule has 21 heavy (non-hydrogen) atoms. The Morgan fingerprint density at radius 1 is 1.14 bits per heavy atom. The Labute approximate surface area is 124 Å². The maximum absolute atomic E-state index is 11.8. The molecule has 4 nitrogen and oxygen atoms in total. The Hall–Kier alpha value is -2.75. The Bertz CT molecular complexity index is 651. The Morgan fingerprint density at radius 3 is 2.71 bits per heavy atom. The molecule has 0 fully saturated rings. The van der Waals surface area contributed by atoms with Gasteiger partial charge in [-0.3, -0.25) is 0 Å². The summed E-state index contributed by atoms with van der Waals surface area (Å²) in [6.07, 6.45) is 3.37. The lowest BCUT2D eigenvalue weighted by molar-refractivity contribution is 0.255. The van der Waals surface area contributed by atoms with Gasteiger partial charge in [0.05, 0.1) is 7.11 Å². The molecule has 0 unspecified atom stereocenters. The molecule has 0 atom stereocenters. The molecule has 0 aliphatic rings. The maximum atomic E-state index is 11.8. The third-order valence-corrected chi connectivity index (χ3v) is 2.89. The highest BCUT2D eigenvalue weighted by atomic mass is 16.5. The van der Waals surface area contributed by atoms with Crippen LogP contribution in [0.2, 0.25) is 0 Å². The summed E-state index contributed by atoms with van der Waals surface area (Å²) < 4.78 is 5.23. The molecule has 0 heterocycles. The molecular weight excluding hydrogens is 264 g/mol. The molecule has 2 N–H and O–H groups in total. The summed E-state index contributed by atoms with van der Waals surface area (Å²) in [7, 11) is 1.62. The van der Waals surface area contributed by atoms with Crippen LogP contribution in [0.3, 0.4) is 0 Å². The summed E-state index contributed by atoms with van der Waals surface area (Å²) >= 11 is 0. The van der Waals surface area contributed by atoms with E-state index in [1.807, 2.05) is 55.5 Å². The minimum atomic E-state index is -0.285. The van der Waals surface area contributed by atoms with Gasteiger partial charge < -0.3 is 15.4 Å². The summed E-state index contributed by atoms with van der Waals surface area (Å²) in [5.74, 6) is 0.759. The van der Waals surface area contributed by atoms with Crippen LogP contribution in [0.5, 0.6) is 5.75 Å². The third kappa shape index (κ3) is 4.38. The topological polar surface area (TPSA) is 50.4 Å². The smallest absolute Gasteiger partial charge is 0.323 e. The van der Waals surface area contributed by atoms with Crippen LogP contribution in [-0.2, 0) is 0 Å². The van der Waals surface area contributed by atoms with Crippen molar-refractivity contribution in [3.05, 3.63) is 65.9 Å². The highest BCUT2D eigenvalue weighted by molar-refractivity contribution is 5.90. The van der Waals surface area contributed by atoms with Crippen molar-refractivity contribution < 1.29 is 9.53 Å². The van der Waals surface area contributed by atoms with E-state index in [0.717, 1.165) is 22.6 Å². The zero-order valence-electron chi connectivity index (χ0n) is 12.1. The summed E-state index contributed by atoms with van der Waals surface area (Å²) in [5.41, 5.74) is 2.76. The summed E-state index contributed by atoms with van der Waals surface area (Å²) in [6, 6.07) is 14.9. The van der Waals surface area contributed by atoms with Gasteiger partial charge in [-0.25, -0.2) is 4.79 Å². The molecule has 2 amide bonds. The molecule has 0 spiro atoms. The van der Waals surface area contributed by atoms with Crippen molar-refractivity contribution in [2.75, 3.05) is 12.4 Å². The van der Waals surface area contributed by atoms with E-state index in [9.17, 15) is 4.79 Å². The van der Waals surface area contributed by atoms with Crippen molar-refractivity contribution in [2.45, 2.75) is 6.92 Å². The van der Waals surface area contributed by atoms with Gasteiger partial charge in [-0.1, -0.05) is 30.3 Å². The highest BCUT2D eigenvalue weighted by Crippen LogP contribution is 2.18. The summed E-state index contributed by atoms with van der Waals surface area (Å²) in [4.78, 5) is 11.8. The van der Waals surface area contributed by atoms with Gasteiger partial charge in [-0.2, -0.15) is 0 Å². The second-order valence-electron chi connectivity index (χ2n) is 4.54. The molecule has 0 saturated heterocycles. The molecule has 0 aromatic heterocycles. The first-order valence-corrected chi connectivity index (χ1v) is 6.63. The van der Waals surface area contributed by atoms with E-state index < -0.39 is 0 Å². The van der Waals surface area contributed by atoms with Crippen LogP contribution in [0.4, 0.5) is 10.5 Å². The fourth-order valence-corrected chi connectivity index (χ4v) is 1.90. The van der Waals surface area contributed by atoms with Crippen molar-refractivity contribution in [2.24, 2.45) is 0 Å². The first-order chi connectivity index (χ1) is 10.2. The van der Waals surface area contributed by atoms with E-state index in [2.05, 4.69) is 10.6 Å². The number of para-hydroxylation sites is 1. The highest BCUT2D eigenvalue weighted by Gasteiger charge is 2.00. The first kappa shape index (κ1) is 14.7. The fourth-order valence-electron chi connectivity index (χ4n) is 1.90. The van der Waals surface area contributed by atoms with Gasteiger partial charge in [0.1, 0.15) is 5.75 Å². The van der Waals surface area contributed by atoms with Crippen LogP contribution in [0.1, 0.15) is 11.1 Å². The van der Waals surface area contributed by atoms with E-state index in [4.69, 9.17) is 4.74 Å². The summed E-state index contributed by atoms with van der Waals surface area (Å²) in [6.45, 7) is 1.98. The summed E-state index contributed by atoms with van der Waals surface area (Å²) in [5, 5.41) is 5.43. The van der Waals surface area contributed by atoms with Crippen LogP contribution in [-0.4, -0.2) is 13.1 Å². The van der Waals surface area contributed by atoms with Crippen molar-refractivity contribution in [1.29, 1.82) is 0 Å². The second-order valence-corrected chi connectivity index (χ2v) is 4.54. The molecule has 108 valence electrons. The number of methoxy groups -OCH3 is 1. The van der Waals surface area contributed by atoms with E-state index in [1.54, 1.807) is 19.4 Å². The van der Waals surface area contributed by atoms with Gasteiger partial charge >= 0.3 is 6.03 Å². The van der Waals surface area contributed by atoms with Crippen LogP contribution >= 0.6 is 0 Å². The van der Waals surface area contributed by atoms with Gasteiger partial charge in [-0.05, 0) is 36.8 Å². The average molecular weight is 282 g/mol. The predicted octanol–water partition coefficient (Wildman–Crippen LogP) is 3.80. The number of urea groups is 1. The Balaban J connectivity index is 1.93. The van der Waals surface area contributed by atoms with Crippen LogP contribution in [0.15, 0.2) is 54.7 Å². The number of carbonyl (C=O) groups is 1. The monoisotopic (exact) mass is 282 g/mol. The quantitative estimate of drug-likeness (QED) is 0.896. The maximum Gasteiger partial charge on any atom is 0.323 e. The van der Waals surface area contributed by atoms with Gasteiger partial charge in [-0.15, -0.1) is 0 Å². The van der Waals surface area contributed by atoms with Crippen LogP contribution in [0.25, 0.3) is 6.08 Å². The van der Waals surface area contributed by atoms with Crippen molar-refractivity contribution in [1.82, 2.24) is 5.32 Å². The number of nitrogens with one attached hydrogen (secondary N) is 2. The Kier molecular flexibility index (Phi) is 4.99. The van der Waals surface area contributed by atoms with E-state index in [-0.39, 0.29) is 6.03 Å². The largest absolute Gasteiger partial charge is 0.496 e. The minimum Gasteiger partial charge on any atom is -0.496 e. The predicted molar refractivity (Wildman–Crippen MR) is 85.4 cm³/mol. The number of carbonyl (C=O) groups excluding carboxylic acids is 1. The number of rotatable bonds is 4. The number of amides is 2. The number of hydrogen-bond donors (Lipinski definition) is 2. The molecule has 2 aromatic rings. The van der Waals surface area contributed by atoms with Gasteiger partial charge in [0.15, 0.2) is 0 Å². The van der Waals surface area contributed by atoms with E-state index in [0.29, 0.717) is 0 Å².